The molecular weight excluding hydrogens is 176 g/mol. The lowest BCUT2D eigenvalue weighted by Crippen LogP contribution is -1.95. The number of aliphatic imine (C=N–C) groups is 1. The van der Waals surface area contributed by atoms with Crippen LogP contribution in [0.4, 0.5) is 0 Å². The maximum absolute atomic E-state index is 7.21. The largest absolute Gasteiger partial charge is 0.496 e. The zero-order chi connectivity index (χ0) is 10.4. The molecule has 0 amide bonds. The van der Waals surface area contributed by atoms with E-state index in [1.807, 2.05) is 24.3 Å². The predicted octanol–water partition coefficient (Wildman–Crippen LogP) is 2.15. The number of benzene rings is 1. The van der Waals surface area contributed by atoms with Crippen molar-refractivity contribution in [3.63, 3.8) is 0 Å². The number of hydrogen-bond donors (Lipinski definition) is 1. The van der Waals surface area contributed by atoms with Gasteiger partial charge in [-0.15, -0.1) is 0 Å². The summed E-state index contributed by atoms with van der Waals surface area (Å²) in [6, 6.07) is 7.67. The van der Waals surface area contributed by atoms with Gasteiger partial charge in [0, 0.05) is 17.5 Å². The van der Waals surface area contributed by atoms with E-state index in [1.54, 1.807) is 20.2 Å². The summed E-state index contributed by atoms with van der Waals surface area (Å²) < 4.78 is 5.16. The van der Waals surface area contributed by atoms with Crippen molar-refractivity contribution in [2.75, 3.05) is 13.7 Å². The zero-order valence-electron chi connectivity index (χ0n) is 8.45. The summed E-state index contributed by atoms with van der Waals surface area (Å²) in [6.45, 7) is 2.18. The summed E-state index contributed by atoms with van der Waals surface area (Å²) in [7, 11) is 1.63. The second-order valence-corrected chi connectivity index (χ2v) is 2.99. The quantitative estimate of drug-likeness (QED) is 0.726. The number of nitrogens with one attached hydrogen (secondary N) is 1. The summed E-state index contributed by atoms with van der Waals surface area (Å²) in [6.07, 6.45) is 1.73. The molecule has 1 aromatic rings. The normalized spacial score (nSPS) is 10.4. The minimum Gasteiger partial charge on any atom is -0.496 e. The van der Waals surface area contributed by atoms with Crippen molar-refractivity contribution in [1.82, 2.24) is 0 Å². The fourth-order valence-electron chi connectivity index (χ4n) is 1.05. The van der Waals surface area contributed by atoms with Crippen LogP contribution in [0.5, 0.6) is 5.75 Å². The third-order valence-electron chi connectivity index (χ3n) is 1.70. The van der Waals surface area contributed by atoms with Crippen molar-refractivity contribution < 1.29 is 4.74 Å². The highest BCUT2D eigenvalue weighted by Gasteiger charge is 1.96. The molecule has 1 aromatic carbocycles. The molecule has 0 saturated heterocycles. The van der Waals surface area contributed by atoms with Crippen molar-refractivity contribution >= 4 is 11.9 Å². The first-order valence-electron chi connectivity index (χ1n) is 4.41. The summed E-state index contributed by atoms with van der Waals surface area (Å²) in [5.74, 6) is 0.805. The Morgan fingerprint density at radius 2 is 2.21 bits per heavy atom. The van der Waals surface area contributed by atoms with E-state index in [0.717, 1.165) is 11.3 Å². The average molecular weight is 190 g/mol. The van der Waals surface area contributed by atoms with Gasteiger partial charge in [-0.05, 0) is 19.1 Å². The van der Waals surface area contributed by atoms with Gasteiger partial charge in [-0.25, -0.2) is 0 Å². The van der Waals surface area contributed by atoms with Crippen LogP contribution in [0.15, 0.2) is 29.3 Å². The van der Waals surface area contributed by atoms with Crippen LogP contribution in [0.1, 0.15) is 12.5 Å². The average Bonchev–Trinajstić information content (AvgIpc) is 2.18. The molecule has 14 heavy (non-hydrogen) atoms. The molecule has 0 aliphatic rings. The van der Waals surface area contributed by atoms with Crippen molar-refractivity contribution in [3.05, 3.63) is 29.8 Å². The molecule has 3 nitrogen and oxygen atoms in total. The van der Waals surface area contributed by atoms with Crippen LogP contribution in [-0.4, -0.2) is 25.6 Å². The molecule has 0 saturated carbocycles. The Bertz CT molecular complexity index is 345. The Labute approximate surface area is 84.0 Å². The summed E-state index contributed by atoms with van der Waals surface area (Å²) in [4.78, 5) is 4.12. The lowest BCUT2D eigenvalue weighted by atomic mass is 10.2. The van der Waals surface area contributed by atoms with Gasteiger partial charge in [0.25, 0.3) is 0 Å². The van der Waals surface area contributed by atoms with Gasteiger partial charge >= 0.3 is 0 Å². The van der Waals surface area contributed by atoms with Gasteiger partial charge in [-0.3, -0.25) is 4.99 Å². The molecule has 0 fully saturated rings. The minimum atomic E-state index is 0.443. The van der Waals surface area contributed by atoms with Crippen LogP contribution in [0.2, 0.25) is 0 Å². The van der Waals surface area contributed by atoms with Crippen molar-refractivity contribution in [2.45, 2.75) is 6.92 Å². The number of rotatable bonds is 4. The second-order valence-electron chi connectivity index (χ2n) is 2.99. The highest BCUT2D eigenvalue weighted by Crippen LogP contribution is 2.14. The van der Waals surface area contributed by atoms with E-state index >= 15 is 0 Å². The molecule has 0 aliphatic carbocycles. The smallest absolute Gasteiger partial charge is 0.127 e. The SMILES string of the molecule is COc1ccccc1C=NCC(C)=N. The van der Waals surface area contributed by atoms with E-state index < -0.39 is 0 Å². The highest BCUT2D eigenvalue weighted by atomic mass is 16.5. The molecule has 0 radical (unpaired) electrons. The van der Waals surface area contributed by atoms with Gasteiger partial charge in [-0.2, -0.15) is 0 Å². The molecule has 0 unspecified atom stereocenters. The van der Waals surface area contributed by atoms with Gasteiger partial charge in [0.1, 0.15) is 5.75 Å². The number of ether oxygens (including phenoxy) is 1. The molecule has 0 spiro atoms. The summed E-state index contributed by atoms with van der Waals surface area (Å²) in [5.41, 5.74) is 1.49. The predicted molar refractivity (Wildman–Crippen MR) is 58.9 cm³/mol. The second kappa shape index (κ2) is 5.17. The van der Waals surface area contributed by atoms with Crippen LogP contribution >= 0.6 is 0 Å². The van der Waals surface area contributed by atoms with E-state index in [4.69, 9.17) is 10.1 Å². The number of methoxy groups -OCH3 is 1. The Morgan fingerprint density at radius 1 is 1.50 bits per heavy atom. The lowest BCUT2D eigenvalue weighted by molar-refractivity contribution is 0.414. The Balaban J connectivity index is 2.75. The molecule has 0 aromatic heterocycles. The highest BCUT2D eigenvalue weighted by molar-refractivity contribution is 5.87. The van der Waals surface area contributed by atoms with Crippen LogP contribution in [0.25, 0.3) is 0 Å². The van der Waals surface area contributed by atoms with Gasteiger partial charge < -0.3 is 10.1 Å². The van der Waals surface area contributed by atoms with Crippen LogP contribution in [0, 0.1) is 5.41 Å². The molecule has 3 heteroatoms. The van der Waals surface area contributed by atoms with E-state index in [-0.39, 0.29) is 0 Å². The first-order chi connectivity index (χ1) is 6.74. The maximum atomic E-state index is 7.21. The minimum absolute atomic E-state index is 0.443. The monoisotopic (exact) mass is 190 g/mol. The van der Waals surface area contributed by atoms with Crippen molar-refractivity contribution in [3.8, 4) is 5.75 Å². The van der Waals surface area contributed by atoms with Crippen LogP contribution in [0.3, 0.4) is 0 Å². The van der Waals surface area contributed by atoms with E-state index in [2.05, 4.69) is 4.99 Å². The number of hydrogen-bond acceptors (Lipinski definition) is 3. The summed E-state index contributed by atoms with van der Waals surface area (Å²) >= 11 is 0. The van der Waals surface area contributed by atoms with Gasteiger partial charge in [0.15, 0.2) is 0 Å². The number of para-hydroxylation sites is 1. The van der Waals surface area contributed by atoms with Crippen LogP contribution < -0.4 is 4.74 Å². The van der Waals surface area contributed by atoms with Gasteiger partial charge in [-0.1, -0.05) is 12.1 Å². The summed E-state index contributed by atoms with van der Waals surface area (Å²) in [5, 5.41) is 7.21. The van der Waals surface area contributed by atoms with Gasteiger partial charge in [0.05, 0.1) is 13.7 Å². The molecule has 1 rings (SSSR count). The fourth-order valence-corrected chi connectivity index (χ4v) is 1.05. The number of nitrogens with zero attached hydrogens (tertiary/aromatic N) is 1. The Morgan fingerprint density at radius 3 is 2.86 bits per heavy atom. The first kappa shape index (κ1) is 10.4. The van der Waals surface area contributed by atoms with Crippen molar-refractivity contribution in [1.29, 1.82) is 5.41 Å². The molecular formula is C11H14N2O. The Kier molecular flexibility index (Phi) is 3.85. The molecule has 0 bridgehead atoms. The van der Waals surface area contributed by atoms with Gasteiger partial charge in [0.2, 0.25) is 0 Å². The third kappa shape index (κ3) is 3.01. The molecule has 0 aliphatic heterocycles. The van der Waals surface area contributed by atoms with Crippen molar-refractivity contribution in [2.24, 2.45) is 4.99 Å². The van der Waals surface area contributed by atoms with E-state index in [1.165, 1.54) is 0 Å². The first-order valence-corrected chi connectivity index (χ1v) is 4.41. The zero-order valence-corrected chi connectivity index (χ0v) is 8.45. The maximum Gasteiger partial charge on any atom is 0.127 e. The molecule has 1 N–H and O–H groups in total. The Hall–Kier alpha value is -1.64. The fraction of sp³-hybridized carbons (Fsp3) is 0.273. The molecule has 74 valence electrons. The molecule has 0 atom stereocenters. The molecule has 0 heterocycles. The lowest BCUT2D eigenvalue weighted by Gasteiger charge is -2.02. The van der Waals surface area contributed by atoms with E-state index in [0.29, 0.717) is 12.3 Å². The standard InChI is InChI=1S/C11H14N2O/c1-9(12)7-13-8-10-5-3-4-6-11(10)14-2/h3-6,8,12H,7H2,1-2H3. The topological polar surface area (TPSA) is 45.4 Å². The third-order valence-corrected chi connectivity index (χ3v) is 1.70. The van der Waals surface area contributed by atoms with Crippen LogP contribution in [-0.2, 0) is 0 Å². The van der Waals surface area contributed by atoms with E-state index in [9.17, 15) is 0 Å².